The maximum absolute atomic E-state index is 12.0. The molecule has 2 heterocycles. The molecule has 0 spiro atoms. The molecule has 7 nitrogen and oxygen atoms in total. The van der Waals surface area contributed by atoms with E-state index >= 15 is 0 Å². The number of carbonyl (C=O) groups excluding carboxylic acids is 1. The third kappa shape index (κ3) is 2.86. The molecule has 2 rings (SSSR count). The zero-order chi connectivity index (χ0) is 14.2. The minimum absolute atomic E-state index is 0.0248. The number of nitrogens with zero attached hydrogens (tertiary/aromatic N) is 2. The summed E-state index contributed by atoms with van der Waals surface area (Å²) in [6, 6.07) is 0. The molecule has 0 aromatic carbocycles. The van der Waals surface area contributed by atoms with Crippen molar-refractivity contribution < 1.29 is 19.4 Å². The number of amides is 1. The van der Waals surface area contributed by atoms with E-state index in [0.717, 1.165) is 5.69 Å². The molecule has 0 radical (unpaired) electrons. The molecular formula is C12H17N3O4. The molecule has 2 N–H and O–H groups in total. The number of aromatic carboxylic acids is 1. The lowest BCUT2D eigenvalue weighted by Crippen LogP contribution is -2.40. The van der Waals surface area contributed by atoms with Crippen LogP contribution < -0.4 is 0 Å². The second-order valence-electron chi connectivity index (χ2n) is 5.49. The predicted octanol–water partition coefficient (Wildman–Crippen LogP) is 1.40. The van der Waals surface area contributed by atoms with E-state index in [9.17, 15) is 9.59 Å². The first-order valence-corrected chi connectivity index (χ1v) is 6.05. The summed E-state index contributed by atoms with van der Waals surface area (Å²) in [5, 5.41) is 15.5. The van der Waals surface area contributed by atoms with E-state index in [0.29, 0.717) is 18.5 Å². The number of hydrogen-bond acceptors (Lipinski definition) is 4. The van der Waals surface area contributed by atoms with Crippen molar-refractivity contribution in [2.24, 2.45) is 0 Å². The highest BCUT2D eigenvalue weighted by Crippen LogP contribution is 2.22. The number of H-pyrrole nitrogens is 1. The van der Waals surface area contributed by atoms with Gasteiger partial charge in [-0.25, -0.2) is 9.59 Å². The molecule has 1 amide bonds. The normalized spacial score (nSPS) is 15.0. The van der Waals surface area contributed by atoms with Crippen molar-refractivity contribution in [1.29, 1.82) is 0 Å². The van der Waals surface area contributed by atoms with Crippen LogP contribution >= 0.6 is 0 Å². The zero-order valence-corrected chi connectivity index (χ0v) is 11.2. The van der Waals surface area contributed by atoms with Crippen LogP contribution in [0.15, 0.2) is 0 Å². The molecule has 0 saturated heterocycles. The molecule has 0 atom stereocenters. The van der Waals surface area contributed by atoms with Crippen LogP contribution in [-0.2, 0) is 17.7 Å². The molecule has 1 aliphatic heterocycles. The van der Waals surface area contributed by atoms with Crippen LogP contribution in [-0.4, -0.2) is 44.4 Å². The molecule has 1 aromatic heterocycles. The summed E-state index contributed by atoms with van der Waals surface area (Å²) in [5.74, 6) is -1.09. The summed E-state index contributed by atoms with van der Waals surface area (Å²) in [4.78, 5) is 24.5. The van der Waals surface area contributed by atoms with Crippen LogP contribution in [0.4, 0.5) is 4.79 Å². The maximum atomic E-state index is 12.0. The minimum atomic E-state index is -1.09. The second-order valence-corrected chi connectivity index (χ2v) is 5.49. The van der Waals surface area contributed by atoms with Crippen molar-refractivity contribution in [2.45, 2.75) is 39.3 Å². The summed E-state index contributed by atoms with van der Waals surface area (Å²) < 4.78 is 5.28. The van der Waals surface area contributed by atoms with Gasteiger partial charge in [0.15, 0.2) is 5.69 Å². The number of fused-ring (bicyclic) bond motifs is 1. The van der Waals surface area contributed by atoms with E-state index in [1.807, 2.05) is 0 Å². The first kappa shape index (κ1) is 13.4. The number of aromatic amines is 1. The van der Waals surface area contributed by atoms with Crippen molar-refractivity contribution in [3.05, 3.63) is 17.0 Å². The van der Waals surface area contributed by atoms with Crippen LogP contribution in [0.3, 0.4) is 0 Å². The largest absolute Gasteiger partial charge is 0.476 e. The smallest absolute Gasteiger partial charge is 0.410 e. The Morgan fingerprint density at radius 2 is 2.11 bits per heavy atom. The summed E-state index contributed by atoms with van der Waals surface area (Å²) in [7, 11) is 0. The topological polar surface area (TPSA) is 95.5 Å². The van der Waals surface area contributed by atoms with E-state index in [2.05, 4.69) is 10.2 Å². The number of carboxylic acid groups (broad SMARTS) is 1. The summed E-state index contributed by atoms with van der Waals surface area (Å²) in [6.07, 6.45) is 0.116. The van der Waals surface area contributed by atoms with Crippen LogP contribution in [0.1, 0.15) is 42.5 Å². The number of aromatic nitrogens is 2. The molecule has 1 aliphatic rings. The predicted molar refractivity (Wildman–Crippen MR) is 65.9 cm³/mol. The monoisotopic (exact) mass is 267 g/mol. The fourth-order valence-electron chi connectivity index (χ4n) is 1.95. The Hall–Kier alpha value is -2.05. The number of ether oxygens (including phenoxy) is 1. The van der Waals surface area contributed by atoms with Gasteiger partial charge in [0.25, 0.3) is 0 Å². The van der Waals surface area contributed by atoms with Crippen molar-refractivity contribution in [2.75, 3.05) is 6.54 Å². The summed E-state index contributed by atoms with van der Waals surface area (Å²) in [5.41, 5.74) is 0.744. The summed E-state index contributed by atoms with van der Waals surface area (Å²) >= 11 is 0. The van der Waals surface area contributed by atoms with Gasteiger partial charge in [0.05, 0.1) is 6.54 Å². The lowest BCUT2D eigenvalue weighted by molar-refractivity contribution is 0.0221. The third-order valence-corrected chi connectivity index (χ3v) is 2.79. The summed E-state index contributed by atoms with van der Waals surface area (Å²) in [6.45, 7) is 6.08. The first-order chi connectivity index (χ1) is 8.78. The van der Waals surface area contributed by atoms with Gasteiger partial charge in [0, 0.05) is 24.2 Å². The molecule has 0 fully saturated rings. The van der Waals surface area contributed by atoms with Crippen LogP contribution in [0.2, 0.25) is 0 Å². The molecule has 0 aliphatic carbocycles. The quantitative estimate of drug-likeness (QED) is 0.801. The Balaban J connectivity index is 2.15. The van der Waals surface area contributed by atoms with Gasteiger partial charge in [-0.2, -0.15) is 5.10 Å². The van der Waals surface area contributed by atoms with E-state index in [4.69, 9.17) is 9.84 Å². The maximum Gasteiger partial charge on any atom is 0.410 e. The Bertz CT molecular complexity index is 516. The van der Waals surface area contributed by atoms with Gasteiger partial charge in [-0.15, -0.1) is 0 Å². The van der Waals surface area contributed by atoms with Crippen molar-refractivity contribution >= 4 is 12.1 Å². The SMILES string of the molecule is CC(C)(C)OC(=O)N1CCc2[nH]nc(C(=O)O)c2C1. The van der Waals surface area contributed by atoms with Gasteiger partial charge in [-0.3, -0.25) is 5.10 Å². The molecule has 0 unspecified atom stereocenters. The van der Waals surface area contributed by atoms with E-state index < -0.39 is 17.7 Å². The lowest BCUT2D eigenvalue weighted by Gasteiger charge is -2.29. The first-order valence-electron chi connectivity index (χ1n) is 6.05. The lowest BCUT2D eigenvalue weighted by atomic mass is 10.1. The minimum Gasteiger partial charge on any atom is -0.476 e. The average molecular weight is 267 g/mol. The molecule has 7 heteroatoms. The zero-order valence-electron chi connectivity index (χ0n) is 11.2. The molecule has 0 saturated carbocycles. The number of rotatable bonds is 1. The highest BCUT2D eigenvalue weighted by atomic mass is 16.6. The highest BCUT2D eigenvalue weighted by molar-refractivity contribution is 5.87. The number of nitrogens with one attached hydrogen (secondary N) is 1. The van der Waals surface area contributed by atoms with Crippen molar-refractivity contribution in [3.63, 3.8) is 0 Å². The molecule has 104 valence electrons. The van der Waals surface area contributed by atoms with Crippen molar-refractivity contribution in [1.82, 2.24) is 15.1 Å². The van der Waals surface area contributed by atoms with Gasteiger partial charge in [0.1, 0.15) is 5.60 Å². The second kappa shape index (κ2) is 4.56. The highest BCUT2D eigenvalue weighted by Gasteiger charge is 2.30. The standard InChI is InChI=1S/C12H17N3O4/c1-12(2,3)19-11(18)15-5-4-8-7(6-15)9(10(16)17)14-13-8/h4-6H2,1-3H3,(H,13,14)(H,16,17). The van der Waals surface area contributed by atoms with Crippen LogP contribution in [0, 0.1) is 0 Å². The molecule has 19 heavy (non-hydrogen) atoms. The average Bonchev–Trinajstić information content (AvgIpc) is 2.68. The number of carboxylic acids is 1. The molecule has 0 bridgehead atoms. The van der Waals surface area contributed by atoms with Gasteiger partial charge in [0.2, 0.25) is 0 Å². The van der Waals surface area contributed by atoms with Gasteiger partial charge in [-0.05, 0) is 20.8 Å². The number of hydrogen-bond donors (Lipinski definition) is 2. The van der Waals surface area contributed by atoms with E-state index in [1.165, 1.54) is 4.90 Å². The van der Waals surface area contributed by atoms with E-state index in [1.54, 1.807) is 20.8 Å². The van der Waals surface area contributed by atoms with Gasteiger partial charge >= 0.3 is 12.1 Å². The fourth-order valence-corrected chi connectivity index (χ4v) is 1.95. The molecular weight excluding hydrogens is 250 g/mol. The van der Waals surface area contributed by atoms with Crippen LogP contribution in [0.5, 0.6) is 0 Å². The Labute approximate surface area is 110 Å². The van der Waals surface area contributed by atoms with Gasteiger partial charge in [-0.1, -0.05) is 0 Å². The Morgan fingerprint density at radius 1 is 1.42 bits per heavy atom. The third-order valence-electron chi connectivity index (χ3n) is 2.79. The fraction of sp³-hybridized carbons (Fsp3) is 0.583. The Kier molecular flexibility index (Phi) is 3.21. The Morgan fingerprint density at radius 3 is 2.68 bits per heavy atom. The van der Waals surface area contributed by atoms with Crippen LogP contribution in [0.25, 0.3) is 0 Å². The van der Waals surface area contributed by atoms with Gasteiger partial charge < -0.3 is 14.7 Å². The van der Waals surface area contributed by atoms with Crippen molar-refractivity contribution in [3.8, 4) is 0 Å². The molecule has 1 aromatic rings. The number of carbonyl (C=O) groups is 2. The van der Waals surface area contributed by atoms with E-state index in [-0.39, 0.29) is 12.2 Å².